The van der Waals surface area contributed by atoms with Crippen molar-refractivity contribution in [2.75, 3.05) is 0 Å². The Bertz CT molecular complexity index is 384. The maximum absolute atomic E-state index is 13.0. The quantitative estimate of drug-likeness (QED) is 0.730. The molecular weight excluding hydrogens is 206 g/mol. The van der Waals surface area contributed by atoms with Crippen molar-refractivity contribution in [2.45, 2.75) is 6.43 Å². The van der Waals surface area contributed by atoms with Gasteiger partial charge in [0.1, 0.15) is 5.92 Å². The summed E-state index contributed by atoms with van der Waals surface area (Å²) in [6.45, 7) is 0. The van der Waals surface area contributed by atoms with Crippen LogP contribution in [0, 0.1) is 5.92 Å². The van der Waals surface area contributed by atoms with Gasteiger partial charge in [-0.05, 0) is 11.1 Å². The minimum Gasteiger partial charge on any atom is -0.209 e. The Balaban J connectivity index is 2.40. The molecule has 0 aliphatic heterocycles. The second-order valence-corrected chi connectivity index (χ2v) is 3.45. The lowest BCUT2D eigenvalue weighted by Gasteiger charge is -2.15. The van der Waals surface area contributed by atoms with Crippen molar-refractivity contribution >= 4 is 0 Å². The molecule has 81 valence electrons. The average molecular weight is 217 g/mol. The molecule has 2 aromatic carbocycles. The number of benzene rings is 2. The molecule has 0 aliphatic carbocycles. The van der Waals surface area contributed by atoms with E-state index in [-0.39, 0.29) is 5.92 Å². The van der Waals surface area contributed by atoms with Crippen LogP contribution < -0.4 is 0 Å². The summed E-state index contributed by atoms with van der Waals surface area (Å²) in [5.41, 5.74) is 1.15. The van der Waals surface area contributed by atoms with E-state index in [1.165, 1.54) is 0 Å². The monoisotopic (exact) mass is 217 g/mol. The molecule has 0 saturated carbocycles. The summed E-state index contributed by atoms with van der Waals surface area (Å²) < 4.78 is 26.1. The lowest BCUT2D eigenvalue weighted by atomic mass is 9.92. The summed E-state index contributed by atoms with van der Waals surface area (Å²) in [6, 6.07) is 17.5. The largest absolute Gasteiger partial charge is 0.253 e. The highest BCUT2D eigenvalue weighted by atomic mass is 19.3. The van der Waals surface area contributed by atoms with Crippen LogP contribution in [-0.2, 0) is 0 Å². The van der Waals surface area contributed by atoms with Crippen molar-refractivity contribution < 1.29 is 8.78 Å². The van der Waals surface area contributed by atoms with Crippen molar-refractivity contribution in [2.24, 2.45) is 0 Å². The molecular formula is C14H11F2. The first-order valence-electron chi connectivity index (χ1n) is 5.05. The SMILES string of the molecule is FC(F)[C](c1ccccc1)c1ccccc1. The normalized spacial score (nSPS) is 11.0. The standard InChI is InChI=1S/C14H11F2/c15-14(16)13(11-7-3-1-4-8-11)12-9-5-2-6-10-12/h1-10,14H. The molecule has 0 atom stereocenters. The van der Waals surface area contributed by atoms with Gasteiger partial charge in [0, 0.05) is 0 Å². The van der Waals surface area contributed by atoms with Crippen molar-refractivity contribution in [1.82, 2.24) is 0 Å². The molecule has 0 amide bonds. The Morgan fingerprint density at radius 1 is 0.688 bits per heavy atom. The Hall–Kier alpha value is -1.70. The van der Waals surface area contributed by atoms with Gasteiger partial charge in [0.25, 0.3) is 6.43 Å². The third-order valence-corrected chi connectivity index (χ3v) is 2.39. The third kappa shape index (κ3) is 2.27. The van der Waals surface area contributed by atoms with Crippen LogP contribution >= 0.6 is 0 Å². The Morgan fingerprint density at radius 2 is 1.06 bits per heavy atom. The zero-order chi connectivity index (χ0) is 11.4. The van der Waals surface area contributed by atoms with Crippen LogP contribution in [0.5, 0.6) is 0 Å². The van der Waals surface area contributed by atoms with Crippen LogP contribution in [-0.4, -0.2) is 6.43 Å². The summed E-state index contributed by atoms with van der Waals surface area (Å²) >= 11 is 0. The minimum atomic E-state index is -2.47. The molecule has 0 aromatic heterocycles. The van der Waals surface area contributed by atoms with Gasteiger partial charge < -0.3 is 0 Å². The Labute approximate surface area is 93.5 Å². The van der Waals surface area contributed by atoms with Crippen LogP contribution in [0.25, 0.3) is 0 Å². The zero-order valence-electron chi connectivity index (χ0n) is 8.61. The smallest absolute Gasteiger partial charge is 0.209 e. The van der Waals surface area contributed by atoms with Gasteiger partial charge in [0.05, 0.1) is 0 Å². The van der Waals surface area contributed by atoms with Gasteiger partial charge in [-0.15, -0.1) is 0 Å². The van der Waals surface area contributed by atoms with E-state index in [0.717, 1.165) is 0 Å². The Morgan fingerprint density at radius 3 is 1.38 bits per heavy atom. The van der Waals surface area contributed by atoms with E-state index in [9.17, 15) is 8.78 Å². The van der Waals surface area contributed by atoms with Crippen LogP contribution in [0.2, 0.25) is 0 Å². The summed E-state index contributed by atoms with van der Waals surface area (Å²) in [7, 11) is 0. The highest BCUT2D eigenvalue weighted by Gasteiger charge is 2.24. The van der Waals surface area contributed by atoms with E-state index in [2.05, 4.69) is 0 Å². The molecule has 0 spiro atoms. The number of alkyl halides is 2. The molecule has 2 aromatic rings. The third-order valence-electron chi connectivity index (χ3n) is 2.39. The lowest BCUT2D eigenvalue weighted by molar-refractivity contribution is 0.174. The molecule has 0 heterocycles. The van der Waals surface area contributed by atoms with E-state index in [4.69, 9.17) is 0 Å². The van der Waals surface area contributed by atoms with Gasteiger partial charge in [-0.2, -0.15) is 0 Å². The van der Waals surface area contributed by atoms with Crippen molar-refractivity contribution in [3.63, 3.8) is 0 Å². The number of halogens is 2. The van der Waals surface area contributed by atoms with Crippen molar-refractivity contribution in [3.8, 4) is 0 Å². The average Bonchev–Trinajstić information content (AvgIpc) is 2.31. The van der Waals surface area contributed by atoms with Gasteiger partial charge >= 0.3 is 0 Å². The fourth-order valence-corrected chi connectivity index (χ4v) is 1.65. The summed E-state index contributed by atoms with van der Waals surface area (Å²) in [5, 5.41) is 0. The second kappa shape index (κ2) is 4.88. The number of hydrogen-bond acceptors (Lipinski definition) is 0. The molecule has 0 aliphatic rings. The van der Waals surface area contributed by atoms with E-state index in [1.807, 2.05) is 12.1 Å². The maximum Gasteiger partial charge on any atom is 0.253 e. The molecule has 0 N–H and O–H groups in total. The fraction of sp³-hybridized carbons (Fsp3) is 0.0714. The van der Waals surface area contributed by atoms with E-state index >= 15 is 0 Å². The first-order valence-corrected chi connectivity index (χ1v) is 5.05. The topological polar surface area (TPSA) is 0 Å². The summed E-state index contributed by atoms with van der Waals surface area (Å²) in [6.07, 6.45) is -2.47. The summed E-state index contributed by atoms with van der Waals surface area (Å²) in [5.74, 6) is 0.0844. The first kappa shape index (κ1) is 10.8. The molecule has 16 heavy (non-hydrogen) atoms. The zero-order valence-corrected chi connectivity index (χ0v) is 8.61. The first-order chi connectivity index (χ1) is 7.79. The van der Waals surface area contributed by atoms with Crippen molar-refractivity contribution in [3.05, 3.63) is 77.7 Å². The predicted octanol–water partition coefficient (Wildman–Crippen LogP) is 3.92. The Kier molecular flexibility index (Phi) is 3.30. The molecule has 0 bridgehead atoms. The lowest BCUT2D eigenvalue weighted by Crippen LogP contribution is -2.11. The molecule has 0 fully saturated rings. The van der Waals surface area contributed by atoms with Gasteiger partial charge in [0.15, 0.2) is 0 Å². The van der Waals surface area contributed by atoms with Crippen LogP contribution in [0.1, 0.15) is 11.1 Å². The fourth-order valence-electron chi connectivity index (χ4n) is 1.65. The highest BCUT2D eigenvalue weighted by Crippen LogP contribution is 2.29. The van der Waals surface area contributed by atoms with E-state index in [0.29, 0.717) is 11.1 Å². The van der Waals surface area contributed by atoms with Crippen LogP contribution in [0.3, 0.4) is 0 Å². The van der Waals surface area contributed by atoms with E-state index < -0.39 is 6.43 Å². The van der Waals surface area contributed by atoms with Crippen molar-refractivity contribution in [1.29, 1.82) is 0 Å². The number of hydrogen-bond donors (Lipinski definition) is 0. The van der Waals surface area contributed by atoms with Crippen LogP contribution in [0.15, 0.2) is 60.7 Å². The molecule has 1 radical (unpaired) electrons. The molecule has 0 saturated heterocycles. The van der Waals surface area contributed by atoms with Crippen LogP contribution in [0.4, 0.5) is 8.78 Å². The molecule has 0 nitrogen and oxygen atoms in total. The minimum absolute atomic E-state index is 0.0844. The second-order valence-electron chi connectivity index (χ2n) is 3.45. The molecule has 2 rings (SSSR count). The van der Waals surface area contributed by atoms with Gasteiger partial charge in [-0.1, -0.05) is 60.7 Å². The summed E-state index contributed by atoms with van der Waals surface area (Å²) in [4.78, 5) is 0. The molecule has 2 heteroatoms. The number of rotatable bonds is 3. The predicted molar refractivity (Wildman–Crippen MR) is 60.3 cm³/mol. The van der Waals surface area contributed by atoms with Gasteiger partial charge in [-0.25, -0.2) is 8.78 Å². The highest BCUT2D eigenvalue weighted by molar-refractivity contribution is 5.46. The maximum atomic E-state index is 13.0. The van der Waals surface area contributed by atoms with Gasteiger partial charge in [0.2, 0.25) is 0 Å². The van der Waals surface area contributed by atoms with Gasteiger partial charge in [-0.3, -0.25) is 0 Å². The molecule has 0 unspecified atom stereocenters. The van der Waals surface area contributed by atoms with E-state index in [1.54, 1.807) is 48.5 Å².